The molecule has 0 spiro atoms. The third-order valence-corrected chi connectivity index (χ3v) is 13.4. The summed E-state index contributed by atoms with van der Waals surface area (Å²) in [4.78, 5) is 34.1. The summed E-state index contributed by atoms with van der Waals surface area (Å²) in [5.74, 6) is 0.0238. The van der Waals surface area contributed by atoms with Crippen LogP contribution in [0.15, 0.2) is 24.8 Å². The molecular weight excluding hydrogens is 588 g/mol. The van der Waals surface area contributed by atoms with Crippen LogP contribution >= 0.6 is 0 Å². The van der Waals surface area contributed by atoms with Crippen molar-refractivity contribution in [2.75, 3.05) is 45.9 Å². The third kappa shape index (κ3) is 6.69. The molecule has 6 aliphatic rings. The van der Waals surface area contributed by atoms with Gasteiger partial charge < -0.3 is 29.3 Å². The highest BCUT2D eigenvalue weighted by atomic mass is 16.5. The molecule has 0 aromatic carbocycles. The second-order valence-electron chi connectivity index (χ2n) is 15.6. The van der Waals surface area contributed by atoms with Crippen molar-refractivity contribution in [3.05, 3.63) is 24.8 Å². The quantitative estimate of drug-likeness (QED) is 0.162. The van der Waals surface area contributed by atoms with Crippen LogP contribution < -0.4 is 0 Å². The Labute approximate surface area is 274 Å². The summed E-state index contributed by atoms with van der Waals surface area (Å²) in [6.07, 6.45) is 13.8. The van der Waals surface area contributed by atoms with Crippen LogP contribution in [0.5, 0.6) is 0 Å². The molecule has 0 aromatic heterocycles. The van der Waals surface area contributed by atoms with E-state index in [0.717, 1.165) is 56.6 Å². The van der Waals surface area contributed by atoms with Gasteiger partial charge in [-0.05, 0) is 73.7 Å². The number of ether oxygens (including phenoxy) is 2. The second-order valence-corrected chi connectivity index (χ2v) is 15.6. The van der Waals surface area contributed by atoms with Crippen molar-refractivity contribution >= 4 is 17.9 Å². The number of carbonyl (C=O) groups excluding carboxylic acids is 1. The zero-order chi connectivity index (χ0) is 33.3. The first-order valence-electron chi connectivity index (χ1n) is 17.6. The molecule has 2 saturated heterocycles. The fourth-order valence-corrected chi connectivity index (χ4v) is 11.4. The maximum Gasteiger partial charge on any atom is 0.328 e. The highest BCUT2D eigenvalue weighted by molar-refractivity contribution is 5.89. The van der Waals surface area contributed by atoms with Gasteiger partial charge in [0.05, 0.1) is 39.0 Å². The molecule has 4 aliphatic carbocycles. The van der Waals surface area contributed by atoms with E-state index in [4.69, 9.17) is 19.7 Å². The summed E-state index contributed by atoms with van der Waals surface area (Å²) in [7, 11) is 0. The number of rotatable bonds is 7. The molecule has 10 atom stereocenters. The minimum atomic E-state index is -1.26. The number of morpholine rings is 1. The fraction of sp³-hybridized carbons (Fsp3) is 0.806. The molecule has 46 heavy (non-hydrogen) atoms. The number of carboxylic acid groups (broad SMARTS) is 2. The number of nitrogens with zero attached hydrogens (tertiary/aromatic N) is 2. The van der Waals surface area contributed by atoms with Crippen LogP contribution in [0.3, 0.4) is 0 Å². The van der Waals surface area contributed by atoms with E-state index in [9.17, 15) is 19.5 Å². The first-order chi connectivity index (χ1) is 21.8. The topological polar surface area (TPSA) is 134 Å². The third-order valence-electron chi connectivity index (χ3n) is 13.4. The number of aliphatic hydroxyl groups is 1. The average molecular weight is 646 g/mol. The van der Waals surface area contributed by atoms with Gasteiger partial charge in [-0.3, -0.25) is 9.69 Å². The van der Waals surface area contributed by atoms with Crippen LogP contribution in [0.4, 0.5) is 0 Å². The minimum Gasteiger partial charge on any atom is -0.478 e. The van der Waals surface area contributed by atoms with E-state index >= 15 is 0 Å². The predicted molar refractivity (Wildman–Crippen MR) is 173 cm³/mol. The van der Waals surface area contributed by atoms with Gasteiger partial charge >= 0.3 is 17.9 Å². The van der Waals surface area contributed by atoms with Crippen molar-refractivity contribution in [1.29, 1.82) is 0 Å². The van der Waals surface area contributed by atoms with Gasteiger partial charge in [-0.2, -0.15) is 0 Å². The number of hydrogen-bond donors (Lipinski definition) is 3. The van der Waals surface area contributed by atoms with E-state index in [1.54, 1.807) is 6.92 Å². The van der Waals surface area contributed by atoms with Gasteiger partial charge in [0.15, 0.2) is 6.10 Å². The molecule has 2 aliphatic heterocycles. The lowest BCUT2D eigenvalue weighted by Crippen LogP contribution is -2.61. The van der Waals surface area contributed by atoms with Crippen LogP contribution in [0.25, 0.3) is 0 Å². The highest BCUT2D eigenvalue weighted by Crippen LogP contribution is 2.67. The van der Waals surface area contributed by atoms with E-state index in [1.807, 2.05) is 0 Å². The number of aliphatic carboxylic acids is 2. The Morgan fingerprint density at radius 1 is 0.978 bits per heavy atom. The normalized spacial score (nSPS) is 41.7. The first kappa shape index (κ1) is 35.0. The maximum absolute atomic E-state index is 12.5. The molecule has 6 fully saturated rings. The minimum absolute atomic E-state index is 0.0174. The van der Waals surface area contributed by atoms with E-state index in [-0.39, 0.29) is 35.0 Å². The summed E-state index contributed by atoms with van der Waals surface area (Å²) in [5, 5.41) is 26.9. The number of carboxylic acids is 2. The number of fused-ring (bicyclic) bond motifs is 5. The van der Waals surface area contributed by atoms with Crippen molar-refractivity contribution in [2.45, 2.75) is 103 Å². The van der Waals surface area contributed by atoms with Crippen LogP contribution in [-0.2, 0) is 23.9 Å². The molecule has 0 amide bonds. The molecule has 258 valence electrons. The Kier molecular flexibility index (Phi) is 10.7. The maximum atomic E-state index is 12.5. The molecule has 3 N–H and O–H groups in total. The molecule has 0 bridgehead atoms. The Bertz CT molecular complexity index is 1150. The number of carbonyl (C=O) groups is 3. The van der Waals surface area contributed by atoms with Gasteiger partial charge in [-0.1, -0.05) is 20.4 Å². The number of quaternary nitrogens is 1. The molecule has 6 rings (SSSR count). The van der Waals surface area contributed by atoms with Crippen molar-refractivity contribution in [2.24, 2.45) is 34.5 Å². The smallest absolute Gasteiger partial charge is 0.328 e. The van der Waals surface area contributed by atoms with Gasteiger partial charge in [0, 0.05) is 62.9 Å². The standard InChI is InChI=1S/C32H53N2O4.C4H4O4/c1-5-14-34(15-6-7-16-34)28-20-26-24-9-8-23-19-29(36)27(33-12-17-37-18-13-33)21-32(23,4)25(24)10-11-31(26,3)30(28)38-22(2)35;5-3(6)1-2-4(7)8/h5,23-30,36H,1,6-21H2,2-4H3;1-2H,(H,5,6)(H,7,8)/q+1;/b;2-1+/t23-,24+,25-,26-,27-,28-,29-,30-,31-,32-;/m0./s1. The van der Waals surface area contributed by atoms with Crippen molar-refractivity contribution in [3.8, 4) is 0 Å². The summed E-state index contributed by atoms with van der Waals surface area (Å²) >= 11 is 0. The Morgan fingerprint density at radius 3 is 2.22 bits per heavy atom. The van der Waals surface area contributed by atoms with Crippen LogP contribution in [-0.4, -0.2) is 113 Å². The van der Waals surface area contributed by atoms with E-state index < -0.39 is 11.9 Å². The number of esters is 1. The molecule has 0 unspecified atom stereocenters. The van der Waals surface area contributed by atoms with Crippen molar-refractivity contribution in [1.82, 2.24) is 4.90 Å². The fourth-order valence-electron chi connectivity index (χ4n) is 11.4. The van der Waals surface area contributed by atoms with E-state index in [0.29, 0.717) is 41.9 Å². The number of hydrogen-bond acceptors (Lipinski definition) is 7. The average Bonchev–Trinajstić information content (AvgIpc) is 3.60. The van der Waals surface area contributed by atoms with E-state index in [2.05, 4.69) is 31.4 Å². The lowest BCUT2D eigenvalue weighted by atomic mass is 9.44. The monoisotopic (exact) mass is 645 g/mol. The van der Waals surface area contributed by atoms with Crippen molar-refractivity contribution in [3.63, 3.8) is 0 Å². The van der Waals surface area contributed by atoms with Crippen LogP contribution in [0.1, 0.15) is 78.6 Å². The van der Waals surface area contributed by atoms with Gasteiger partial charge in [0.1, 0.15) is 6.04 Å². The Balaban J connectivity index is 0.000000463. The van der Waals surface area contributed by atoms with E-state index in [1.165, 1.54) is 51.6 Å². The molecule has 0 radical (unpaired) electrons. The van der Waals surface area contributed by atoms with Crippen molar-refractivity contribution < 1.29 is 43.7 Å². The van der Waals surface area contributed by atoms with Gasteiger partial charge in [0.25, 0.3) is 0 Å². The molecule has 2 heterocycles. The molecule has 10 nitrogen and oxygen atoms in total. The van der Waals surface area contributed by atoms with Gasteiger partial charge in [0.2, 0.25) is 0 Å². The molecule has 10 heteroatoms. The highest BCUT2D eigenvalue weighted by Gasteiger charge is 2.67. The number of aliphatic hydroxyl groups excluding tert-OH is 1. The summed E-state index contributed by atoms with van der Waals surface area (Å²) in [6, 6.07) is 0.663. The SMILES string of the molecule is C=CC[N+]1([C@H]2C[C@H]3[C@@H]4CC[C@H]5C[C@H](O)[C@@H](N6CCOCC6)C[C@]5(C)[C@H]4CC[C@]3(C)[C@H]2OC(C)=O)CCCC1.O=C(O)/C=C/C(=O)O. The summed E-state index contributed by atoms with van der Waals surface area (Å²) < 4.78 is 13.1. The van der Waals surface area contributed by atoms with Crippen LogP contribution in [0, 0.1) is 34.5 Å². The summed E-state index contributed by atoms with van der Waals surface area (Å²) in [6.45, 7) is 17.7. The lowest BCUT2D eigenvalue weighted by Gasteiger charge is -2.62. The largest absolute Gasteiger partial charge is 0.478 e. The number of likely N-dealkylation sites (tertiary alicyclic amines) is 1. The summed E-state index contributed by atoms with van der Waals surface area (Å²) in [5.41, 5.74) is 0.343. The Hall–Kier alpha value is -2.27. The van der Waals surface area contributed by atoms with Crippen LogP contribution in [0.2, 0.25) is 0 Å². The Morgan fingerprint density at radius 2 is 1.63 bits per heavy atom. The second kappa shape index (κ2) is 14.1. The molecule has 4 saturated carbocycles. The van der Waals surface area contributed by atoms with Gasteiger partial charge in [-0.15, -0.1) is 0 Å². The lowest BCUT2D eigenvalue weighted by molar-refractivity contribution is -0.937. The zero-order valence-electron chi connectivity index (χ0n) is 28.1. The molecular formula is C36H57N2O8+. The first-order valence-corrected chi connectivity index (χ1v) is 17.6. The molecule has 0 aromatic rings. The van der Waals surface area contributed by atoms with Gasteiger partial charge in [-0.25, -0.2) is 9.59 Å². The zero-order valence-corrected chi connectivity index (χ0v) is 28.1. The predicted octanol–water partition coefficient (Wildman–Crippen LogP) is 4.12.